The lowest BCUT2D eigenvalue weighted by Gasteiger charge is -2.39. The lowest BCUT2D eigenvalue weighted by molar-refractivity contribution is 0.207. The summed E-state index contributed by atoms with van der Waals surface area (Å²) < 4.78 is 0. The molecule has 0 aromatic carbocycles. The Morgan fingerprint density at radius 2 is 1.43 bits per heavy atom. The topological polar surface area (TPSA) is 12.0 Å². The Morgan fingerprint density at radius 1 is 1.00 bits per heavy atom. The third-order valence-electron chi connectivity index (χ3n) is 3.12. The summed E-state index contributed by atoms with van der Waals surface area (Å²) in [5.74, 6) is 0.760. The molecule has 0 saturated heterocycles. The van der Waals surface area contributed by atoms with E-state index in [-0.39, 0.29) is 5.54 Å². The van der Waals surface area contributed by atoms with E-state index >= 15 is 0 Å². The first-order chi connectivity index (χ1) is 6.24. The molecule has 0 amide bonds. The van der Waals surface area contributed by atoms with E-state index in [0.717, 1.165) is 5.92 Å². The Morgan fingerprint density at radius 3 is 1.71 bits per heavy atom. The van der Waals surface area contributed by atoms with Crippen LogP contribution in [0, 0.1) is 5.92 Å². The highest BCUT2D eigenvalue weighted by molar-refractivity contribution is 4.90. The van der Waals surface area contributed by atoms with E-state index in [1.165, 1.54) is 19.3 Å². The summed E-state index contributed by atoms with van der Waals surface area (Å²) in [4.78, 5) is 0. The lowest BCUT2D eigenvalue weighted by atomic mass is 9.86. The van der Waals surface area contributed by atoms with Crippen LogP contribution in [0.5, 0.6) is 0 Å². The van der Waals surface area contributed by atoms with E-state index < -0.39 is 0 Å². The first kappa shape index (κ1) is 14.0. The molecular weight excluding hydrogens is 170 g/mol. The normalized spacial score (nSPS) is 13.7. The van der Waals surface area contributed by atoms with Crippen molar-refractivity contribution in [1.29, 1.82) is 0 Å². The van der Waals surface area contributed by atoms with Gasteiger partial charge in [-0.25, -0.2) is 0 Å². The Labute approximate surface area is 90.7 Å². The van der Waals surface area contributed by atoms with Crippen molar-refractivity contribution in [3.8, 4) is 0 Å². The highest BCUT2D eigenvalue weighted by Gasteiger charge is 2.28. The van der Waals surface area contributed by atoms with Crippen molar-refractivity contribution in [3.63, 3.8) is 0 Å². The van der Waals surface area contributed by atoms with Crippen LogP contribution < -0.4 is 5.32 Å². The van der Waals surface area contributed by atoms with Crippen molar-refractivity contribution < 1.29 is 0 Å². The molecule has 0 bridgehead atoms. The molecule has 0 aliphatic carbocycles. The summed E-state index contributed by atoms with van der Waals surface area (Å²) in [5.41, 5.74) is 0.563. The van der Waals surface area contributed by atoms with Crippen LogP contribution in [0.3, 0.4) is 0 Å². The van der Waals surface area contributed by atoms with Crippen LogP contribution in [0.1, 0.15) is 67.7 Å². The summed E-state index contributed by atoms with van der Waals surface area (Å²) >= 11 is 0. The molecule has 1 heteroatoms. The molecule has 86 valence electrons. The number of rotatable bonds is 6. The molecule has 0 atom stereocenters. The van der Waals surface area contributed by atoms with Crippen LogP contribution in [-0.4, -0.2) is 11.1 Å². The molecule has 0 aliphatic rings. The fourth-order valence-corrected chi connectivity index (χ4v) is 2.32. The molecule has 0 aliphatic heterocycles. The predicted octanol–water partition coefficient (Wildman–Crippen LogP) is 3.98. The minimum Gasteiger partial charge on any atom is -0.307 e. The fraction of sp³-hybridized carbons (Fsp3) is 1.00. The van der Waals surface area contributed by atoms with Crippen LogP contribution in [0.25, 0.3) is 0 Å². The Balaban J connectivity index is 4.32. The average molecular weight is 199 g/mol. The largest absolute Gasteiger partial charge is 0.307 e. The van der Waals surface area contributed by atoms with Crippen LogP contribution in [0.4, 0.5) is 0 Å². The van der Waals surface area contributed by atoms with Crippen molar-refractivity contribution in [2.24, 2.45) is 5.92 Å². The van der Waals surface area contributed by atoms with E-state index in [1.807, 2.05) is 0 Å². The zero-order valence-electron chi connectivity index (χ0n) is 11.2. The van der Waals surface area contributed by atoms with Gasteiger partial charge in [-0.2, -0.15) is 0 Å². The Bertz CT molecular complexity index is 155. The van der Waals surface area contributed by atoms with Gasteiger partial charge in [0.25, 0.3) is 0 Å². The Kier molecular flexibility index (Phi) is 5.14. The lowest BCUT2D eigenvalue weighted by Crippen LogP contribution is -2.53. The standard InChI is InChI=1S/C13H29N/c1-8-13(7,9-2)14-12(5,6)10-11(3)4/h11,14H,8-10H2,1-7H3. The molecule has 0 aromatic heterocycles. The van der Waals surface area contributed by atoms with Gasteiger partial charge in [-0.1, -0.05) is 27.7 Å². The second kappa shape index (κ2) is 5.16. The van der Waals surface area contributed by atoms with Gasteiger partial charge in [-0.15, -0.1) is 0 Å². The number of nitrogens with one attached hydrogen (secondary N) is 1. The van der Waals surface area contributed by atoms with Crippen molar-refractivity contribution in [2.45, 2.75) is 78.8 Å². The predicted molar refractivity (Wildman–Crippen MR) is 65.7 cm³/mol. The molecule has 0 aromatic rings. The van der Waals surface area contributed by atoms with Crippen LogP contribution in [0.15, 0.2) is 0 Å². The van der Waals surface area contributed by atoms with Crippen molar-refractivity contribution in [1.82, 2.24) is 5.32 Å². The summed E-state index contributed by atoms with van der Waals surface area (Å²) in [6, 6.07) is 0. The summed E-state index contributed by atoms with van der Waals surface area (Å²) in [6.07, 6.45) is 3.64. The molecule has 0 unspecified atom stereocenters. The Hall–Kier alpha value is -0.0400. The average Bonchev–Trinajstić information content (AvgIpc) is 2.01. The number of hydrogen-bond acceptors (Lipinski definition) is 1. The second-order valence-electron chi connectivity index (χ2n) is 5.87. The molecule has 0 rings (SSSR count). The number of hydrogen-bond donors (Lipinski definition) is 1. The van der Waals surface area contributed by atoms with Crippen LogP contribution in [0.2, 0.25) is 0 Å². The molecule has 0 heterocycles. The van der Waals surface area contributed by atoms with Crippen LogP contribution >= 0.6 is 0 Å². The summed E-state index contributed by atoms with van der Waals surface area (Å²) in [7, 11) is 0. The highest BCUT2D eigenvalue weighted by Crippen LogP contribution is 2.23. The molecule has 14 heavy (non-hydrogen) atoms. The van der Waals surface area contributed by atoms with Crippen molar-refractivity contribution >= 4 is 0 Å². The summed E-state index contributed by atoms with van der Waals surface area (Å²) in [6.45, 7) is 16.1. The van der Waals surface area contributed by atoms with E-state index in [0.29, 0.717) is 5.54 Å². The second-order valence-corrected chi connectivity index (χ2v) is 5.87. The molecule has 0 spiro atoms. The fourth-order valence-electron chi connectivity index (χ4n) is 2.32. The van der Waals surface area contributed by atoms with E-state index in [1.54, 1.807) is 0 Å². The van der Waals surface area contributed by atoms with Gasteiger partial charge in [0.1, 0.15) is 0 Å². The molecule has 1 N–H and O–H groups in total. The third kappa shape index (κ3) is 4.99. The molecule has 0 fully saturated rings. The van der Waals surface area contributed by atoms with Gasteiger partial charge in [-0.3, -0.25) is 0 Å². The van der Waals surface area contributed by atoms with E-state index in [9.17, 15) is 0 Å². The first-order valence-electron chi connectivity index (χ1n) is 6.04. The SMILES string of the molecule is CCC(C)(CC)NC(C)(C)CC(C)C. The monoisotopic (exact) mass is 199 g/mol. The van der Waals surface area contributed by atoms with E-state index in [4.69, 9.17) is 0 Å². The molecule has 1 nitrogen and oxygen atoms in total. The maximum absolute atomic E-state index is 3.80. The maximum atomic E-state index is 3.80. The minimum absolute atomic E-state index is 0.259. The van der Waals surface area contributed by atoms with Gasteiger partial charge in [0.05, 0.1) is 0 Å². The zero-order valence-corrected chi connectivity index (χ0v) is 11.2. The highest BCUT2D eigenvalue weighted by atomic mass is 15.0. The van der Waals surface area contributed by atoms with Gasteiger partial charge >= 0.3 is 0 Å². The molecule has 0 saturated carbocycles. The van der Waals surface area contributed by atoms with Crippen molar-refractivity contribution in [3.05, 3.63) is 0 Å². The van der Waals surface area contributed by atoms with Gasteiger partial charge < -0.3 is 5.32 Å². The smallest absolute Gasteiger partial charge is 0.0153 e. The van der Waals surface area contributed by atoms with Gasteiger partial charge in [-0.05, 0) is 46.0 Å². The molecule has 0 radical (unpaired) electrons. The quantitative estimate of drug-likeness (QED) is 0.682. The summed E-state index contributed by atoms with van der Waals surface area (Å²) in [5, 5.41) is 3.80. The van der Waals surface area contributed by atoms with Crippen LogP contribution in [-0.2, 0) is 0 Å². The maximum Gasteiger partial charge on any atom is 0.0153 e. The third-order valence-corrected chi connectivity index (χ3v) is 3.12. The molecular formula is C13H29N. The van der Waals surface area contributed by atoms with Gasteiger partial charge in [0.2, 0.25) is 0 Å². The van der Waals surface area contributed by atoms with Gasteiger partial charge in [0, 0.05) is 11.1 Å². The van der Waals surface area contributed by atoms with E-state index in [2.05, 4.69) is 53.8 Å². The first-order valence-corrected chi connectivity index (χ1v) is 6.04. The minimum atomic E-state index is 0.259. The van der Waals surface area contributed by atoms with Crippen molar-refractivity contribution in [2.75, 3.05) is 0 Å². The van der Waals surface area contributed by atoms with Gasteiger partial charge in [0.15, 0.2) is 0 Å². The zero-order chi connectivity index (χ0) is 11.4.